The van der Waals surface area contributed by atoms with Crippen LogP contribution in [0.3, 0.4) is 0 Å². The van der Waals surface area contributed by atoms with Gasteiger partial charge in [-0.2, -0.15) is 0 Å². The van der Waals surface area contributed by atoms with Crippen LogP contribution in [-0.2, 0) is 6.42 Å². The molecule has 1 amide bonds. The Morgan fingerprint density at radius 2 is 1.54 bits per heavy atom. The van der Waals surface area contributed by atoms with Gasteiger partial charge in [0.25, 0.3) is 5.91 Å². The number of hydrogen-bond acceptors (Lipinski definition) is 1. The number of rotatable bonds is 5. The molecule has 1 N–H and O–H groups in total. The molecule has 0 radical (unpaired) electrons. The van der Waals surface area contributed by atoms with Crippen molar-refractivity contribution >= 4 is 22.4 Å². The average Bonchev–Trinajstić information content (AvgIpc) is 2.60. The monoisotopic (exact) mass is 373 g/mol. The van der Waals surface area contributed by atoms with Gasteiger partial charge in [0, 0.05) is 16.6 Å². The molecule has 3 rings (SSSR count). The maximum absolute atomic E-state index is 12.9. The molecule has 0 spiro atoms. The highest BCUT2D eigenvalue weighted by atomic mass is 16.1. The van der Waals surface area contributed by atoms with Crippen LogP contribution in [0.4, 0.5) is 5.69 Å². The summed E-state index contributed by atoms with van der Waals surface area (Å²) in [5.74, 6) is 0.991. The van der Waals surface area contributed by atoms with Crippen molar-refractivity contribution in [2.24, 2.45) is 5.92 Å². The van der Waals surface area contributed by atoms with Crippen molar-refractivity contribution in [3.63, 3.8) is 0 Å². The maximum atomic E-state index is 12.9. The molecule has 0 saturated heterocycles. The predicted molar refractivity (Wildman–Crippen MR) is 120 cm³/mol. The predicted octanol–water partition coefficient (Wildman–Crippen LogP) is 7.03. The van der Waals surface area contributed by atoms with Gasteiger partial charge >= 0.3 is 0 Å². The fourth-order valence-corrected chi connectivity index (χ4v) is 3.93. The lowest BCUT2D eigenvalue weighted by Gasteiger charge is -2.16. The molecule has 0 aliphatic rings. The largest absolute Gasteiger partial charge is 0.321 e. The Labute approximate surface area is 169 Å². The van der Waals surface area contributed by atoms with Gasteiger partial charge < -0.3 is 5.32 Å². The van der Waals surface area contributed by atoms with E-state index in [1.165, 1.54) is 16.5 Å². The van der Waals surface area contributed by atoms with Crippen LogP contribution in [0.5, 0.6) is 0 Å². The van der Waals surface area contributed by atoms with E-state index in [1.807, 2.05) is 32.0 Å². The number of carbonyl (C=O) groups excluding carboxylic acids is 1. The number of anilines is 1. The summed E-state index contributed by atoms with van der Waals surface area (Å²) in [6, 6.07) is 16.8. The molecule has 0 unspecified atom stereocenters. The zero-order valence-electron chi connectivity index (χ0n) is 17.9. The van der Waals surface area contributed by atoms with E-state index < -0.39 is 0 Å². The lowest BCUT2D eigenvalue weighted by atomic mass is 9.92. The van der Waals surface area contributed by atoms with Crippen LogP contribution in [-0.4, -0.2) is 5.91 Å². The zero-order valence-corrected chi connectivity index (χ0v) is 17.9. The van der Waals surface area contributed by atoms with Crippen LogP contribution < -0.4 is 5.32 Å². The molecule has 0 atom stereocenters. The number of aryl methyl sites for hydroxylation is 2. The molecule has 0 aliphatic heterocycles. The minimum Gasteiger partial charge on any atom is -0.321 e. The average molecular weight is 374 g/mol. The first-order valence-electron chi connectivity index (χ1n) is 10.2. The first-order valence-corrected chi connectivity index (χ1v) is 10.2. The normalized spacial score (nSPS) is 11.4. The second kappa shape index (κ2) is 8.18. The second-order valence-electron chi connectivity index (χ2n) is 8.67. The lowest BCUT2D eigenvalue weighted by Crippen LogP contribution is -2.13. The van der Waals surface area contributed by atoms with Gasteiger partial charge in [-0.25, -0.2) is 0 Å². The Morgan fingerprint density at radius 3 is 2.14 bits per heavy atom. The van der Waals surface area contributed by atoms with Crippen molar-refractivity contribution in [2.75, 3.05) is 5.32 Å². The molecular formula is C26H31NO. The lowest BCUT2D eigenvalue weighted by molar-refractivity contribution is 0.102. The number of benzene rings is 3. The maximum Gasteiger partial charge on any atom is 0.255 e. The number of amides is 1. The summed E-state index contributed by atoms with van der Waals surface area (Å²) in [6.07, 6.45) is 1.06. The van der Waals surface area contributed by atoms with Gasteiger partial charge in [0.15, 0.2) is 0 Å². The highest BCUT2D eigenvalue weighted by Crippen LogP contribution is 2.32. The van der Waals surface area contributed by atoms with Crippen LogP contribution in [0.15, 0.2) is 48.5 Å². The molecule has 0 fully saturated rings. The van der Waals surface area contributed by atoms with Crippen molar-refractivity contribution in [1.82, 2.24) is 0 Å². The zero-order chi connectivity index (χ0) is 20.4. The first-order chi connectivity index (χ1) is 13.2. The summed E-state index contributed by atoms with van der Waals surface area (Å²) in [7, 11) is 0. The van der Waals surface area contributed by atoms with E-state index in [-0.39, 0.29) is 5.91 Å². The second-order valence-corrected chi connectivity index (χ2v) is 8.67. The summed E-state index contributed by atoms with van der Waals surface area (Å²) in [5, 5.41) is 5.49. The van der Waals surface area contributed by atoms with E-state index in [0.29, 0.717) is 17.4 Å². The summed E-state index contributed by atoms with van der Waals surface area (Å²) < 4.78 is 0. The van der Waals surface area contributed by atoms with Crippen LogP contribution >= 0.6 is 0 Å². The molecule has 2 heteroatoms. The molecule has 0 aliphatic carbocycles. The van der Waals surface area contributed by atoms with Gasteiger partial charge in [-0.1, -0.05) is 69.2 Å². The van der Waals surface area contributed by atoms with Gasteiger partial charge in [-0.3, -0.25) is 4.79 Å². The van der Waals surface area contributed by atoms with Gasteiger partial charge in [-0.15, -0.1) is 0 Å². The molecular weight excluding hydrogens is 342 g/mol. The van der Waals surface area contributed by atoms with Crippen LogP contribution in [0.1, 0.15) is 66.2 Å². The van der Waals surface area contributed by atoms with Crippen molar-refractivity contribution in [1.29, 1.82) is 0 Å². The Hall–Kier alpha value is -2.61. The van der Waals surface area contributed by atoms with Crippen LogP contribution in [0.2, 0.25) is 0 Å². The number of hydrogen-bond donors (Lipinski definition) is 1. The molecule has 0 heterocycles. The van der Waals surface area contributed by atoms with Crippen molar-refractivity contribution in [3.8, 4) is 0 Å². The molecule has 3 aromatic carbocycles. The van der Waals surface area contributed by atoms with Crippen LogP contribution in [0.25, 0.3) is 10.8 Å². The molecule has 0 bridgehead atoms. The Balaban J connectivity index is 2.03. The molecule has 0 aromatic heterocycles. The summed E-state index contributed by atoms with van der Waals surface area (Å²) in [6.45, 7) is 13.0. The summed E-state index contributed by atoms with van der Waals surface area (Å²) in [5.41, 5.74) is 6.45. The number of nitrogens with one attached hydrogen (secondary N) is 1. The fraction of sp³-hybridized carbons (Fsp3) is 0.346. The highest BCUT2D eigenvalue weighted by molar-refractivity contribution is 6.10. The van der Waals surface area contributed by atoms with E-state index in [4.69, 9.17) is 0 Å². The molecule has 0 saturated carbocycles. The Kier molecular flexibility index (Phi) is 5.88. The van der Waals surface area contributed by atoms with E-state index in [9.17, 15) is 4.79 Å². The van der Waals surface area contributed by atoms with Crippen LogP contribution in [0, 0.1) is 19.8 Å². The first kappa shape index (κ1) is 20.1. The number of fused-ring (bicyclic) bond motifs is 1. The summed E-state index contributed by atoms with van der Waals surface area (Å²) >= 11 is 0. The smallest absolute Gasteiger partial charge is 0.255 e. The van der Waals surface area contributed by atoms with Gasteiger partial charge in [0.05, 0.1) is 0 Å². The number of carbonyl (C=O) groups is 1. The molecule has 28 heavy (non-hydrogen) atoms. The van der Waals surface area contributed by atoms with Crippen molar-refractivity contribution < 1.29 is 4.79 Å². The van der Waals surface area contributed by atoms with Gasteiger partial charge in [0.2, 0.25) is 0 Å². The topological polar surface area (TPSA) is 29.1 Å². The standard InChI is InChI=1S/C26H31NO/c1-16(2)11-20-7-8-23-24(15-20)22(17(3)4)9-10-25(23)27-26(28)21-13-18(5)12-19(6)14-21/h7-10,12-17H,11H2,1-6H3,(H,27,28). The van der Waals surface area contributed by atoms with Crippen molar-refractivity contribution in [3.05, 3.63) is 76.3 Å². The fourth-order valence-electron chi connectivity index (χ4n) is 3.93. The Bertz CT molecular complexity index is 994. The summed E-state index contributed by atoms with van der Waals surface area (Å²) in [4.78, 5) is 12.9. The molecule has 3 aromatic rings. The van der Waals surface area contributed by atoms with E-state index in [2.05, 4.69) is 63.3 Å². The Morgan fingerprint density at radius 1 is 0.857 bits per heavy atom. The highest BCUT2D eigenvalue weighted by Gasteiger charge is 2.13. The van der Waals surface area contributed by atoms with Gasteiger partial charge in [0.1, 0.15) is 0 Å². The minimum atomic E-state index is -0.0587. The third kappa shape index (κ3) is 4.44. The van der Waals surface area contributed by atoms with E-state index >= 15 is 0 Å². The quantitative estimate of drug-likeness (QED) is 0.511. The molecule has 2 nitrogen and oxygen atoms in total. The SMILES string of the molecule is Cc1cc(C)cc(C(=O)Nc2ccc(C(C)C)c3cc(CC(C)C)ccc23)c1. The van der Waals surface area contributed by atoms with Crippen molar-refractivity contribution in [2.45, 2.75) is 53.9 Å². The molecule has 146 valence electrons. The third-order valence-corrected chi connectivity index (χ3v) is 5.11. The minimum absolute atomic E-state index is 0.0587. The van der Waals surface area contributed by atoms with Gasteiger partial charge in [-0.05, 0) is 66.8 Å². The third-order valence-electron chi connectivity index (χ3n) is 5.11. The van der Waals surface area contributed by atoms with E-state index in [1.54, 1.807) is 0 Å². The van der Waals surface area contributed by atoms with E-state index in [0.717, 1.165) is 28.6 Å².